The van der Waals surface area contributed by atoms with Gasteiger partial charge in [0, 0.05) is 16.5 Å². The van der Waals surface area contributed by atoms with Crippen LogP contribution in [0.3, 0.4) is 0 Å². The van der Waals surface area contributed by atoms with Crippen molar-refractivity contribution in [2.24, 2.45) is 0 Å². The zero-order valence-corrected chi connectivity index (χ0v) is 14.5. The first-order chi connectivity index (χ1) is 11.0. The van der Waals surface area contributed by atoms with E-state index in [9.17, 15) is 9.18 Å². The summed E-state index contributed by atoms with van der Waals surface area (Å²) in [7, 11) is 1.85. The monoisotopic (exact) mass is 352 g/mol. The van der Waals surface area contributed by atoms with Crippen LogP contribution < -0.4 is 5.32 Å². The molecule has 0 fully saturated rings. The number of hydrogen-bond donors (Lipinski definition) is 1. The van der Waals surface area contributed by atoms with Gasteiger partial charge in [-0.1, -0.05) is 23.7 Å². The van der Waals surface area contributed by atoms with E-state index >= 15 is 0 Å². The molecule has 1 amide bonds. The van der Waals surface area contributed by atoms with Crippen molar-refractivity contribution >= 4 is 35.0 Å². The number of halogens is 2. The van der Waals surface area contributed by atoms with Gasteiger partial charge in [0.05, 0.1) is 12.2 Å². The van der Waals surface area contributed by atoms with Crippen LogP contribution in [0.25, 0.3) is 0 Å². The Morgan fingerprint density at radius 2 is 1.96 bits per heavy atom. The largest absolute Gasteiger partial charge is 0.322 e. The molecule has 23 heavy (non-hydrogen) atoms. The number of benzene rings is 2. The first kappa shape index (κ1) is 17.8. The number of likely N-dealkylation sites (N-methyl/N-ethyl adjacent to an activating group) is 1. The van der Waals surface area contributed by atoms with E-state index in [4.69, 9.17) is 11.6 Å². The summed E-state index contributed by atoms with van der Waals surface area (Å²) < 4.78 is 13.7. The van der Waals surface area contributed by atoms with Crippen molar-refractivity contribution in [2.75, 3.05) is 25.2 Å². The van der Waals surface area contributed by atoms with Crippen LogP contribution in [-0.2, 0) is 11.3 Å². The summed E-state index contributed by atoms with van der Waals surface area (Å²) in [5.74, 6) is -0.810. The number of anilines is 1. The van der Waals surface area contributed by atoms with E-state index in [0.717, 1.165) is 5.56 Å². The molecule has 0 saturated carbocycles. The lowest BCUT2D eigenvalue weighted by molar-refractivity contribution is -0.117. The Bertz CT molecular complexity index is 679. The van der Waals surface area contributed by atoms with Gasteiger partial charge in [-0.15, -0.1) is 11.8 Å². The number of amides is 1. The lowest BCUT2D eigenvalue weighted by atomic mass is 10.2. The van der Waals surface area contributed by atoms with Crippen molar-refractivity contribution in [3.8, 4) is 0 Å². The van der Waals surface area contributed by atoms with Gasteiger partial charge >= 0.3 is 0 Å². The summed E-state index contributed by atoms with van der Waals surface area (Å²) in [5, 5.41) is 2.85. The topological polar surface area (TPSA) is 32.3 Å². The fourth-order valence-corrected chi connectivity index (χ4v) is 2.69. The Labute approximate surface area is 144 Å². The first-order valence-electron chi connectivity index (χ1n) is 7.04. The molecule has 0 atom stereocenters. The third kappa shape index (κ3) is 5.53. The highest BCUT2D eigenvalue weighted by Crippen LogP contribution is 2.19. The number of nitrogens with one attached hydrogen (secondary N) is 1. The highest BCUT2D eigenvalue weighted by Gasteiger charge is 2.10. The number of hydrogen-bond acceptors (Lipinski definition) is 3. The zero-order chi connectivity index (χ0) is 16.8. The molecule has 0 aromatic heterocycles. The average molecular weight is 353 g/mol. The third-order valence-electron chi connectivity index (χ3n) is 3.23. The lowest BCUT2D eigenvalue weighted by Gasteiger charge is -2.16. The molecule has 0 aliphatic rings. The highest BCUT2D eigenvalue weighted by atomic mass is 35.5. The summed E-state index contributed by atoms with van der Waals surface area (Å²) in [6.45, 7) is 0.817. The zero-order valence-electron chi connectivity index (χ0n) is 13.0. The Balaban J connectivity index is 1.88. The van der Waals surface area contributed by atoms with Crippen molar-refractivity contribution in [3.63, 3.8) is 0 Å². The van der Waals surface area contributed by atoms with Crippen LogP contribution in [0.5, 0.6) is 0 Å². The number of carbonyl (C=O) groups is 1. The molecule has 122 valence electrons. The standard InChI is InChI=1S/C17H18ClFN2OS/c1-21(10-12-3-6-14(23-2)7-4-12)11-17(22)20-16-8-5-13(18)9-15(16)19/h3-9H,10-11H2,1-2H3,(H,20,22). The Hall–Kier alpha value is -1.56. The molecule has 1 N–H and O–H groups in total. The summed E-state index contributed by atoms with van der Waals surface area (Å²) in [6, 6.07) is 12.4. The van der Waals surface area contributed by atoms with Crippen LogP contribution >= 0.6 is 23.4 Å². The molecule has 0 saturated heterocycles. The average Bonchev–Trinajstić information content (AvgIpc) is 2.50. The SMILES string of the molecule is CSc1ccc(CN(C)CC(=O)Nc2ccc(Cl)cc2F)cc1. The maximum Gasteiger partial charge on any atom is 0.238 e. The van der Waals surface area contributed by atoms with E-state index < -0.39 is 5.82 Å². The minimum absolute atomic E-state index is 0.136. The summed E-state index contributed by atoms with van der Waals surface area (Å²) in [6.07, 6.45) is 2.03. The van der Waals surface area contributed by atoms with Crippen LogP contribution in [0.4, 0.5) is 10.1 Å². The van der Waals surface area contributed by atoms with E-state index in [-0.39, 0.29) is 18.1 Å². The van der Waals surface area contributed by atoms with Gasteiger partial charge in [-0.05, 0) is 49.2 Å². The van der Waals surface area contributed by atoms with Crippen LogP contribution in [0.15, 0.2) is 47.4 Å². The molecule has 0 unspecified atom stereocenters. The maximum atomic E-state index is 13.7. The summed E-state index contributed by atoms with van der Waals surface area (Å²) in [5.41, 5.74) is 1.26. The van der Waals surface area contributed by atoms with Crippen LogP contribution in [0.2, 0.25) is 5.02 Å². The number of thioether (sulfide) groups is 1. The molecule has 0 bridgehead atoms. The molecule has 6 heteroatoms. The van der Waals surface area contributed by atoms with Gasteiger partial charge in [-0.3, -0.25) is 9.69 Å². The van der Waals surface area contributed by atoms with Gasteiger partial charge in [0.25, 0.3) is 0 Å². The summed E-state index contributed by atoms with van der Waals surface area (Å²) >= 11 is 7.38. The van der Waals surface area contributed by atoms with Crippen molar-refractivity contribution in [3.05, 3.63) is 58.9 Å². The van der Waals surface area contributed by atoms with Gasteiger partial charge in [0.2, 0.25) is 5.91 Å². The number of nitrogens with zero attached hydrogens (tertiary/aromatic N) is 1. The molecular weight excluding hydrogens is 335 g/mol. The van der Waals surface area contributed by atoms with Gasteiger partial charge < -0.3 is 5.32 Å². The van der Waals surface area contributed by atoms with E-state index in [1.54, 1.807) is 11.8 Å². The molecular formula is C17H18ClFN2OS. The molecule has 2 rings (SSSR count). The molecule has 2 aromatic carbocycles. The summed E-state index contributed by atoms with van der Waals surface area (Å²) in [4.78, 5) is 15.1. The van der Waals surface area contributed by atoms with E-state index in [1.807, 2.05) is 30.3 Å². The fraction of sp³-hybridized carbons (Fsp3) is 0.235. The molecule has 2 aromatic rings. The van der Waals surface area contributed by atoms with E-state index in [2.05, 4.69) is 17.4 Å². The van der Waals surface area contributed by atoms with Crippen molar-refractivity contribution in [2.45, 2.75) is 11.4 Å². The Morgan fingerprint density at radius 1 is 1.26 bits per heavy atom. The minimum Gasteiger partial charge on any atom is -0.322 e. The highest BCUT2D eigenvalue weighted by molar-refractivity contribution is 7.98. The number of rotatable bonds is 6. The van der Waals surface area contributed by atoms with E-state index in [1.165, 1.54) is 23.1 Å². The van der Waals surface area contributed by atoms with Gasteiger partial charge in [-0.25, -0.2) is 4.39 Å². The van der Waals surface area contributed by atoms with Crippen LogP contribution in [-0.4, -0.2) is 30.7 Å². The van der Waals surface area contributed by atoms with Crippen molar-refractivity contribution in [1.82, 2.24) is 4.90 Å². The predicted octanol–water partition coefficient (Wildman–Crippen LogP) is 4.27. The second-order valence-electron chi connectivity index (χ2n) is 5.19. The smallest absolute Gasteiger partial charge is 0.238 e. The number of carbonyl (C=O) groups excluding carboxylic acids is 1. The minimum atomic E-state index is -0.541. The predicted molar refractivity (Wildman–Crippen MR) is 94.6 cm³/mol. The van der Waals surface area contributed by atoms with Gasteiger partial charge in [0.1, 0.15) is 5.82 Å². The maximum absolute atomic E-state index is 13.7. The normalized spacial score (nSPS) is 10.8. The molecule has 0 spiro atoms. The Kier molecular flexibility index (Phi) is 6.45. The van der Waals surface area contributed by atoms with Gasteiger partial charge in [0.15, 0.2) is 0 Å². The molecule has 0 radical (unpaired) electrons. The van der Waals surface area contributed by atoms with Crippen molar-refractivity contribution < 1.29 is 9.18 Å². The van der Waals surface area contributed by atoms with Crippen LogP contribution in [0, 0.1) is 5.82 Å². The molecule has 0 heterocycles. The quantitative estimate of drug-likeness (QED) is 0.788. The molecule has 0 aliphatic heterocycles. The second-order valence-corrected chi connectivity index (χ2v) is 6.51. The van der Waals surface area contributed by atoms with E-state index in [0.29, 0.717) is 11.6 Å². The second kappa shape index (κ2) is 8.34. The Morgan fingerprint density at radius 3 is 2.57 bits per heavy atom. The third-order valence-corrected chi connectivity index (χ3v) is 4.21. The molecule has 3 nitrogen and oxygen atoms in total. The molecule has 0 aliphatic carbocycles. The fourth-order valence-electron chi connectivity index (χ4n) is 2.12. The van der Waals surface area contributed by atoms with Crippen LogP contribution in [0.1, 0.15) is 5.56 Å². The lowest BCUT2D eigenvalue weighted by Crippen LogP contribution is -2.30. The van der Waals surface area contributed by atoms with Crippen molar-refractivity contribution in [1.29, 1.82) is 0 Å². The van der Waals surface area contributed by atoms with Gasteiger partial charge in [-0.2, -0.15) is 0 Å². The first-order valence-corrected chi connectivity index (χ1v) is 8.64.